The molecule has 84 valence electrons. The van der Waals surface area contributed by atoms with Crippen molar-refractivity contribution in [1.82, 2.24) is 5.32 Å². The van der Waals surface area contributed by atoms with Crippen LogP contribution in [0.2, 0.25) is 0 Å². The number of nitriles is 1. The summed E-state index contributed by atoms with van der Waals surface area (Å²) in [6.07, 6.45) is 0. The molecule has 0 saturated carbocycles. The summed E-state index contributed by atoms with van der Waals surface area (Å²) in [5, 5.41) is 14.8. The standard InChI is InChI=1S/C12H15N3O/c1-9-4-3-5-12(11(9)8-13)15-7-6-14-10(2)16/h3-5,15H,6-7H2,1-2H3,(H,14,16). The number of rotatable bonds is 4. The molecule has 0 heterocycles. The van der Waals surface area contributed by atoms with Gasteiger partial charge in [0.15, 0.2) is 0 Å². The Morgan fingerprint density at radius 2 is 2.19 bits per heavy atom. The highest BCUT2D eigenvalue weighted by Gasteiger charge is 2.03. The van der Waals surface area contributed by atoms with E-state index in [1.807, 2.05) is 25.1 Å². The van der Waals surface area contributed by atoms with Crippen molar-refractivity contribution < 1.29 is 4.79 Å². The first-order chi connectivity index (χ1) is 7.65. The van der Waals surface area contributed by atoms with E-state index in [-0.39, 0.29) is 5.91 Å². The molecular formula is C12H15N3O. The molecule has 1 aromatic carbocycles. The Balaban J connectivity index is 2.58. The number of benzene rings is 1. The van der Waals surface area contributed by atoms with Crippen molar-refractivity contribution >= 4 is 11.6 Å². The first kappa shape index (κ1) is 12.1. The van der Waals surface area contributed by atoms with Gasteiger partial charge < -0.3 is 10.6 Å². The molecule has 0 aromatic heterocycles. The zero-order chi connectivity index (χ0) is 12.0. The lowest BCUT2D eigenvalue weighted by Gasteiger charge is -2.09. The summed E-state index contributed by atoms with van der Waals surface area (Å²) in [7, 11) is 0. The minimum Gasteiger partial charge on any atom is -0.382 e. The fourth-order valence-electron chi connectivity index (χ4n) is 1.40. The molecule has 0 spiro atoms. The van der Waals surface area contributed by atoms with Gasteiger partial charge in [0.25, 0.3) is 0 Å². The molecule has 1 rings (SSSR count). The summed E-state index contributed by atoms with van der Waals surface area (Å²) < 4.78 is 0. The normalized spacial score (nSPS) is 9.31. The van der Waals surface area contributed by atoms with Gasteiger partial charge in [0.1, 0.15) is 6.07 Å². The van der Waals surface area contributed by atoms with Crippen LogP contribution in [0.1, 0.15) is 18.1 Å². The highest BCUT2D eigenvalue weighted by molar-refractivity contribution is 5.72. The number of hydrogen-bond acceptors (Lipinski definition) is 3. The lowest BCUT2D eigenvalue weighted by molar-refractivity contribution is -0.118. The predicted molar refractivity (Wildman–Crippen MR) is 63.1 cm³/mol. The van der Waals surface area contributed by atoms with Crippen molar-refractivity contribution in [3.8, 4) is 6.07 Å². The zero-order valence-corrected chi connectivity index (χ0v) is 9.50. The fraction of sp³-hybridized carbons (Fsp3) is 0.333. The predicted octanol–water partition coefficient (Wildman–Crippen LogP) is 1.41. The molecule has 1 amide bonds. The van der Waals surface area contributed by atoms with E-state index in [1.54, 1.807) is 0 Å². The number of carbonyl (C=O) groups excluding carboxylic acids is 1. The SMILES string of the molecule is CC(=O)NCCNc1cccc(C)c1C#N. The zero-order valence-electron chi connectivity index (χ0n) is 9.50. The van der Waals surface area contributed by atoms with E-state index >= 15 is 0 Å². The lowest BCUT2D eigenvalue weighted by Crippen LogP contribution is -2.26. The van der Waals surface area contributed by atoms with Gasteiger partial charge in [0.2, 0.25) is 5.91 Å². The first-order valence-electron chi connectivity index (χ1n) is 5.13. The summed E-state index contributed by atoms with van der Waals surface area (Å²) in [5.41, 5.74) is 2.42. The van der Waals surface area contributed by atoms with E-state index < -0.39 is 0 Å². The summed E-state index contributed by atoms with van der Waals surface area (Å²) in [6.45, 7) is 4.54. The minimum absolute atomic E-state index is 0.0495. The van der Waals surface area contributed by atoms with Crippen LogP contribution in [-0.2, 0) is 4.79 Å². The van der Waals surface area contributed by atoms with Gasteiger partial charge in [-0.15, -0.1) is 0 Å². The molecule has 16 heavy (non-hydrogen) atoms. The summed E-state index contributed by atoms with van der Waals surface area (Å²) >= 11 is 0. The number of anilines is 1. The Morgan fingerprint density at radius 1 is 1.44 bits per heavy atom. The van der Waals surface area contributed by atoms with E-state index in [1.165, 1.54) is 6.92 Å². The summed E-state index contributed by atoms with van der Waals surface area (Å²) in [5.74, 6) is -0.0495. The van der Waals surface area contributed by atoms with Crippen LogP contribution in [-0.4, -0.2) is 19.0 Å². The molecule has 0 fully saturated rings. The number of nitrogens with zero attached hydrogens (tertiary/aromatic N) is 1. The van der Waals surface area contributed by atoms with E-state index in [0.717, 1.165) is 11.3 Å². The van der Waals surface area contributed by atoms with E-state index in [2.05, 4.69) is 16.7 Å². The van der Waals surface area contributed by atoms with Gasteiger partial charge in [0, 0.05) is 20.0 Å². The topological polar surface area (TPSA) is 64.9 Å². The van der Waals surface area contributed by atoms with Gasteiger partial charge in [-0.3, -0.25) is 4.79 Å². The lowest BCUT2D eigenvalue weighted by atomic mass is 10.1. The first-order valence-corrected chi connectivity index (χ1v) is 5.13. The molecule has 0 unspecified atom stereocenters. The monoisotopic (exact) mass is 217 g/mol. The average molecular weight is 217 g/mol. The fourth-order valence-corrected chi connectivity index (χ4v) is 1.40. The van der Waals surface area contributed by atoms with Crippen LogP contribution < -0.4 is 10.6 Å². The van der Waals surface area contributed by atoms with Gasteiger partial charge >= 0.3 is 0 Å². The molecule has 0 aliphatic heterocycles. The Labute approximate surface area is 95.3 Å². The number of nitrogens with one attached hydrogen (secondary N) is 2. The second-order valence-electron chi connectivity index (χ2n) is 3.52. The van der Waals surface area contributed by atoms with Crippen LogP contribution in [0.15, 0.2) is 18.2 Å². The van der Waals surface area contributed by atoms with E-state index in [4.69, 9.17) is 5.26 Å². The maximum atomic E-state index is 10.6. The largest absolute Gasteiger partial charge is 0.382 e. The van der Waals surface area contributed by atoms with Gasteiger partial charge in [-0.2, -0.15) is 5.26 Å². The second kappa shape index (κ2) is 5.76. The maximum Gasteiger partial charge on any atom is 0.216 e. The molecule has 1 aromatic rings. The highest BCUT2D eigenvalue weighted by Crippen LogP contribution is 2.17. The second-order valence-corrected chi connectivity index (χ2v) is 3.52. The maximum absolute atomic E-state index is 10.6. The number of amides is 1. The number of aryl methyl sites for hydroxylation is 1. The average Bonchev–Trinajstić information content (AvgIpc) is 2.24. The van der Waals surface area contributed by atoms with Crippen molar-refractivity contribution in [2.45, 2.75) is 13.8 Å². The highest BCUT2D eigenvalue weighted by atomic mass is 16.1. The third-order valence-electron chi connectivity index (χ3n) is 2.20. The Morgan fingerprint density at radius 3 is 2.81 bits per heavy atom. The van der Waals surface area contributed by atoms with Crippen molar-refractivity contribution in [2.24, 2.45) is 0 Å². The van der Waals surface area contributed by atoms with Gasteiger partial charge in [-0.1, -0.05) is 12.1 Å². The summed E-state index contributed by atoms with van der Waals surface area (Å²) in [4.78, 5) is 10.6. The van der Waals surface area contributed by atoms with Crippen molar-refractivity contribution in [3.05, 3.63) is 29.3 Å². The molecule has 4 nitrogen and oxygen atoms in total. The smallest absolute Gasteiger partial charge is 0.216 e. The van der Waals surface area contributed by atoms with Crippen LogP contribution in [0, 0.1) is 18.3 Å². The molecule has 2 N–H and O–H groups in total. The van der Waals surface area contributed by atoms with Crippen LogP contribution >= 0.6 is 0 Å². The molecule has 0 aliphatic rings. The van der Waals surface area contributed by atoms with Crippen LogP contribution in [0.4, 0.5) is 5.69 Å². The molecule has 0 aliphatic carbocycles. The van der Waals surface area contributed by atoms with Crippen molar-refractivity contribution in [2.75, 3.05) is 18.4 Å². The molecule has 4 heteroatoms. The molecule has 0 atom stereocenters. The van der Waals surface area contributed by atoms with Gasteiger partial charge in [-0.25, -0.2) is 0 Å². The third kappa shape index (κ3) is 3.28. The van der Waals surface area contributed by atoms with Crippen LogP contribution in [0.5, 0.6) is 0 Å². The quantitative estimate of drug-likeness (QED) is 0.749. The van der Waals surface area contributed by atoms with E-state index in [0.29, 0.717) is 18.7 Å². The number of carbonyl (C=O) groups is 1. The Hall–Kier alpha value is -2.02. The number of hydrogen-bond donors (Lipinski definition) is 2. The third-order valence-corrected chi connectivity index (χ3v) is 2.20. The van der Waals surface area contributed by atoms with Crippen molar-refractivity contribution in [1.29, 1.82) is 5.26 Å². The van der Waals surface area contributed by atoms with Gasteiger partial charge in [-0.05, 0) is 18.6 Å². The minimum atomic E-state index is -0.0495. The Bertz CT molecular complexity index is 421. The molecule has 0 radical (unpaired) electrons. The van der Waals surface area contributed by atoms with Crippen molar-refractivity contribution in [3.63, 3.8) is 0 Å². The van der Waals surface area contributed by atoms with Gasteiger partial charge in [0.05, 0.1) is 11.3 Å². The van der Waals surface area contributed by atoms with Crippen LogP contribution in [0.3, 0.4) is 0 Å². The van der Waals surface area contributed by atoms with E-state index in [9.17, 15) is 4.79 Å². The molecular weight excluding hydrogens is 202 g/mol. The molecule has 0 saturated heterocycles. The van der Waals surface area contributed by atoms with Crippen LogP contribution in [0.25, 0.3) is 0 Å². The Kier molecular flexibility index (Phi) is 4.34. The molecule has 0 bridgehead atoms. The summed E-state index contributed by atoms with van der Waals surface area (Å²) in [6, 6.07) is 7.82.